The summed E-state index contributed by atoms with van der Waals surface area (Å²) in [5.41, 5.74) is 0. The number of furan rings is 1. The molecule has 0 radical (unpaired) electrons. The number of ketones is 1. The number of hydrogen-bond acceptors (Lipinski definition) is 3. The Kier molecular flexibility index (Phi) is 3.69. The highest BCUT2D eigenvalue weighted by atomic mass is 19.4. The van der Waals surface area contributed by atoms with Gasteiger partial charge in [0.05, 0.1) is 6.04 Å². The third-order valence-electron chi connectivity index (χ3n) is 3.14. The molecule has 1 aliphatic rings. The predicted octanol–water partition coefficient (Wildman–Crippen LogP) is 2.66. The van der Waals surface area contributed by atoms with E-state index in [9.17, 15) is 22.8 Å². The second-order valence-corrected chi connectivity index (χ2v) is 4.50. The van der Waals surface area contributed by atoms with Crippen LogP contribution in [0.4, 0.5) is 13.2 Å². The molecule has 0 saturated carbocycles. The summed E-state index contributed by atoms with van der Waals surface area (Å²) < 4.78 is 41.4. The minimum absolute atomic E-state index is 0.0237. The Morgan fingerprint density at radius 2 is 2.15 bits per heavy atom. The van der Waals surface area contributed by atoms with Crippen LogP contribution in [0.5, 0.6) is 0 Å². The maximum atomic E-state index is 12.3. The number of carbonyl (C=O) groups is 2. The van der Waals surface area contributed by atoms with Crippen molar-refractivity contribution in [3.05, 3.63) is 35.8 Å². The van der Waals surface area contributed by atoms with Gasteiger partial charge >= 0.3 is 6.18 Å². The van der Waals surface area contributed by atoms with Gasteiger partial charge in [0.25, 0.3) is 0 Å². The molecule has 1 unspecified atom stereocenters. The molecule has 2 rings (SSSR count). The Labute approximate surface area is 112 Å². The molecule has 0 aliphatic carbocycles. The number of nitrogens with zero attached hydrogens (tertiary/aromatic N) is 1. The second-order valence-electron chi connectivity index (χ2n) is 4.50. The summed E-state index contributed by atoms with van der Waals surface area (Å²) in [6.45, 7) is 0. The van der Waals surface area contributed by atoms with Crippen LogP contribution in [-0.2, 0) is 11.0 Å². The van der Waals surface area contributed by atoms with Gasteiger partial charge in [-0.05, 0) is 24.6 Å². The summed E-state index contributed by atoms with van der Waals surface area (Å²) in [5.74, 6) is -2.26. The Morgan fingerprint density at radius 3 is 2.65 bits per heavy atom. The SMILES string of the molecule is CN1C(=O)CCC1/C=C/C(=O)c1ccc(C(F)(F)F)o1. The van der Waals surface area contributed by atoms with Crippen LogP contribution in [0.15, 0.2) is 28.7 Å². The fourth-order valence-corrected chi connectivity index (χ4v) is 1.95. The smallest absolute Gasteiger partial charge is 0.448 e. The van der Waals surface area contributed by atoms with E-state index in [-0.39, 0.29) is 17.7 Å². The molecule has 2 heterocycles. The van der Waals surface area contributed by atoms with Crippen molar-refractivity contribution in [2.24, 2.45) is 0 Å². The van der Waals surface area contributed by atoms with Gasteiger partial charge in [0.2, 0.25) is 17.5 Å². The number of rotatable bonds is 3. The number of hydrogen-bond donors (Lipinski definition) is 0. The first-order valence-corrected chi connectivity index (χ1v) is 5.94. The van der Waals surface area contributed by atoms with Gasteiger partial charge in [0, 0.05) is 13.5 Å². The van der Waals surface area contributed by atoms with Crippen molar-refractivity contribution in [3.63, 3.8) is 0 Å². The van der Waals surface area contributed by atoms with Crippen molar-refractivity contribution in [2.75, 3.05) is 7.05 Å². The van der Waals surface area contributed by atoms with Crippen molar-refractivity contribution < 1.29 is 27.2 Å². The first-order valence-electron chi connectivity index (χ1n) is 5.94. The third-order valence-corrected chi connectivity index (χ3v) is 3.14. The van der Waals surface area contributed by atoms with Crippen molar-refractivity contribution in [3.8, 4) is 0 Å². The normalized spacial score (nSPS) is 20.1. The maximum absolute atomic E-state index is 12.3. The van der Waals surface area contributed by atoms with Crippen LogP contribution in [-0.4, -0.2) is 29.7 Å². The van der Waals surface area contributed by atoms with Gasteiger partial charge in [-0.15, -0.1) is 0 Å². The lowest BCUT2D eigenvalue weighted by Crippen LogP contribution is -2.26. The van der Waals surface area contributed by atoms with Crippen molar-refractivity contribution in [1.29, 1.82) is 0 Å². The standard InChI is InChI=1S/C13H12F3NO3/c1-17-8(3-7-12(17)19)2-4-9(18)10-5-6-11(20-10)13(14,15)16/h2,4-6,8H,3,7H2,1H3/b4-2+. The highest BCUT2D eigenvalue weighted by Crippen LogP contribution is 2.30. The van der Waals surface area contributed by atoms with Gasteiger partial charge in [0.15, 0.2) is 5.76 Å². The highest BCUT2D eigenvalue weighted by molar-refractivity contribution is 6.02. The van der Waals surface area contributed by atoms with E-state index >= 15 is 0 Å². The van der Waals surface area contributed by atoms with Crippen LogP contribution in [0, 0.1) is 0 Å². The predicted molar refractivity (Wildman–Crippen MR) is 63.0 cm³/mol. The van der Waals surface area contributed by atoms with E-state index in [0.29, 0.717) is 18.9 Å². The van der Waals surface area contributed by atoms with Crippen LogP contribution in [0.25, 0.3) is 0 Å². The lowest BCUT2D eigenvalue weighted by atomic mass is 10.2. The minimum atomic E-state index is -4.61. The number of likely N-dealkylation sites (tertiary alicyclic amines) is 1. The van der Waals surface area contributed by atoms with Crippen LogP contribution in [0.2, 0.25) is 0 Å². The molecule has 0 N–H and O–H groups in total. The van der Waals surface area contributed by atoms with Crippen LogP contribution in [0.1, 0.15) is 29.2 Å². The highest BCUT2D eigenvalue weighted by Gasteiger charge is 2.35. The Morgan fingerprint density at radius 1 is 1.45 bits per heavy atom. The first kappa shape index (κ1) is 14.4. The zero-order chi connectivity index (χ0) is 14.9. The van der Waals surface area contributed by atoms with E-state index in [4.69, 9.17) is 0 Å². The molecule has 4 nitrogen and oxygen atoms in total. The van der Waals surface area contributed by atoms with Crippen molar-refractivity contribution in [2.45, 2.75) is 25.1 Å². The maximum Gasteiger partial charge on any atom is 0.449 e. The fraction of sp³-hybridized carbons (Fsp3) is 0.385. The largest absolute Gasteiger partial charge is 0.449 e. The second kappa shape index (κ2) is 5.15. The molecule has 1 aromatic heterocycles. The summed E-state index contributed by atoms with van der Waals surface area (Å²) in [7, 11) is 1.61. The minimum Gasteiger partial charge on any atom is -0.448 e. The van der Waals surface area contributed by atoms with Crippen LogP contribution >= 0.6 is 0 Å². The fourth-order valence-electron chi connectivity index (χ4n) is 1.95. The lowest BCUT2D eigenvalue weighted by Gasteiger charge is -2.15. The van der Waals surface area contributed by atoms with E-state index in [1.807, 2.05) is 0 Å². The molecule has 1 aromatic rings. The van der Waals surface area contributed by atoms with E-state index < -0.39 is 17.7 Å². The molecular weight excluding hydrogens is 275 g/mol. The molecule has 0 aromatic carbocycles. The van der Waals surface area contributed by atoms with Gasteiger partial charge in [-0.25, -0.2) is 0 Å². The van der Waals surface area contributed by atoms with Gasteiger partial charge in [-0.2, -0.15) is 13.2 Å². The van der Waals surface area contributed by atoms with Gasteiger partial charge in [-0.3, -0.25) is 9.59 Å². The summed E-state index contributed by atoms with van der Waals surface area (Å²) >= 11 is 0. The topological polar surface area (TPSA) is 50.5 Å². The zero-order valence-electron chi connectivity index (χ0n) is 10.6. The molecule has 1 fully saturated rings. The molecule has 0 bridgehead atoms. The Bertz CT molecular complexity index is 559. The monoisotopic (exact) mass is 287 g/mol. The third kappa shape index (κ3) is 2.92. The van der Waals surface area contributed by atoms with Crippen molar-refractivity contribution in [1.82, 2.24) is 4.90 Å². The van der Waals surface area contributed by atoms with Crippen molar-refractivity contribution >= 4 is 11.7 Å². The summed E-state index contributed by atoms with van der Waals surface area (Å²) in [6, 6.07) is 1.49. The molecule has 20 heavy (non-hydrogen) atoms. The van der Waals surface area contributed by atoms with Gasteiger partial charge in [-0.1, -0.05) is 6.08 Å². The van der Waals surface area contributed by atoms with Crippen LogP contribution < -0.4 is 0 Å². The van der Waals surface area contributed by atoms with Crippen LogP contribution in [0.3, 0.4) is 0 Å². The molecule has 1 amide bonds. The summed E-state index contributed by atoms with van der Waals surface area (Å²) in [6.07, 6.45) is -0.980. The Hall–Kier alpha value is -2.05. The molecule has 108 valence electrons. The lowest BCUT2D eigenvalue weighted by molar-refractivity contribution is -0.153. The molecule has 0 spiro atoms. The summed E-state index contributed by atoms with van der Waals surface area (Å²) in [5, 5.41) is 0. The molecule has 1 atom stereocenters. The number of allylic oxidation sites excluding steroid dienone is 1. The zero-order valence-corrected chi connectivity index (χ0v) is 10.6. The van der Waals surface area contributed by atoms with Gasteiger partial charge < -0.3 is 9.32 Å². The number of halogens is 3. The molecular formula is C13H12F3NO3. The average Bonchev–Trinajstić information content (AvgIpc) is 2.96. The number of alkyl halides is 3. The molecule has 1 aliphatic heterocycles. The number of amides is 1. The Balaban J connectivity index is 2.05. The van der Waals surface area contributed by atoms with Gasteiger partial charge in [0.1, 0.15) is 0 Å². The van der Waals surface area contributed by atoms with E-state index in [0.717, 1.165) is 12.1 Å². The number of likely N-dealkylation sites (N-methyl/N-ethyl adjacent to an activating group) is 1. The number of carbonyl (C=O) groups excluding carboxylic acids is 2. The van der Waals surface area contributed by atoms with E-state index in [2.05, 4.69) is 4.42 Å². The van der Waals surface area contributed by atoms with E-state index in [1.165, 1.54) is 11.0 Å². The van der Waals surface area contributed by atoms with E-state index in [1.54, 1.807) is 7.05 Å². The quantitative estimate of drug-likeness (QED) is 0.634. The molecule has 7 heteroatoms. The molecule has 1 saturated heterocycles. The first-order chi connectivity index (χ1) is 9.29. The average molecular weight is 287 g/mol. The summed E-state index contributed by atoms with van der Waals surface area (Å²) in [4.78, 5) is 24.4.